The Labute approximate surface area is 166 Å². The number of unbranched alkanes of at least 4 members (excludes halogenated alkanes) is 6. The quantitative estimate of drug-likeness (QED) is 0.382. The van der Waals surface area contributed by atoms with E-state index in [1.807, 2.05) is 0 Å². The van der Waals surface area contributed by atoms with Crippen molar-refractivity contribution in [1.29, 1.82) is 5.26 Å². The van der Waals surface area contributed by atoms with Gasteiger partial charge in [-0.1, -0.05) is 38.5 Å². The number of rotatable bonds is 11. The van der Waals surface area contributed by atoms with Crippen molar-refractivity contribution < 1.29 is 23.1 Å². The second kappa shape index (κ2) is 11.4. The maximum atomic E-state index is 13.0. The van der Waals surface area contributed by atoms with Gasteiger partial charge in [-0.05, 0) is 44.1 Å². The molecule has 0 radical (unpaired) electrons. The zero-order valence-corrected chi connectivity index (χ0v) is 17.3. The maximum Gasteiger partial charge on any atom is 0.417 e. The van der Waals surface area contributed by atoms with E-state index >= 15 is 0 Å². The van der Waals surface area contributed by atoms with Crippen LogP contribution < -0.4 is 5.32 Å². The van der Waals surface area contributed by atoms with Gasteiger partial charge >= 0.3 is 6.18 Å². The smallest absolute Gasteiger partial charge is 0.380 e. The first-order valence-electron chi connectivity index (χ1n) is 9.47. The van der Waals surface area contributed by atoms with Crippen molar-refractivity contribution in [3.05, 3.63) is 29.3 Å². The maximum absolute atomic E-state index is 13.0. The van der Waals surface area contributed by atoms with Crippen LogP contribution in [0.2, 0.25) is 0 Å². The van der Waals surface area contributed by atoms with Gasteiger partial charge in [-0.3, -0.25) is 4.79 Å². The second-order valence-corrected chi connectivity index (χ2v) is 7.69. The first-order chi connectivity index (χ1) is 13.1. The summed E-state index contributed by atoms with van der Waals surface area (Å²) in [4.78, 5) is 12.3. The molecule has 0 aliphatic rings. The molecule has 0 fully saturated rings. The molecule has 1 amide bonds. The van der Waals surface area contributed by atoms with Crippen LogP contribution in [0.3, 0.4) is 0 Å². The standard InChI is InChI=1S/C20H28F3N2O2P/c1-19(27,11-7-5-3-2-4-6-8-12-28)18(26)25-16-10-9-15(14-24)17(13-16)20(21,22)23/h9-10,13,27H,2-8,11-12,28H2,1H3,(H,25,26). The SMILES string of the molecule is CC(O)(CCCCCCCCCP)C(=O)Nc1ccc(C#N)c(C(F)(F)F)c1. The topological polar surface area (TPSA) is 73.1 Å². The lowest BCUT2D eigenvalue weighted by Crippen LogP contribution is -2.40. The van der Waals surface area contributed by atoms with E-state index in [-0.39, 0.29) is 12.1 Å². The monoisotopic (exact) mass is 416 g/mol. The largest absolute Gasteiger partial charge is 0.417 e. The van der Waals surface area contributed by atoms with E-state index in [0.29, 0.717) is 12.5 Å². The Hall–Kier alpha value is -1.64. The fourth-order valence-electron chi connectivity index (χ4n) is 2.83. The van der Waals surface area contributed by atoms with Crippen molar-refractivity contribution in [2.75, 3.05) is 11.5 Å². The Balaban J connectivity index is 2.56. The van der Waals surface area contributed by atoms with E-state index in [9.17, 15) is 23.1 Å². The Morgan fingerprint density at radius 2 is 1.71 bits per heavy atom. The minimum atomic E-state index is -4.70. The number of alkyl halides is 3. The van der Waals surface area contributed by atoms with Crippen LogP contribution in [-0.4, -0.2) is 22.8 Å². The third-order valence-electron chi connectivity index (χ3n) is 4.56. The molecule has 0 aliphatic carbocycles. The zero-order valence-electron chi connectivity index (χ0n) is 16.1. The van der Waals surface area contributed by atoms with Gasteiger partial charge in [0.2, 0.25) is 0 Å². The minimum Gasteiger partial charge on any atom is -0.380 e. The van der Waals surface area contributed by atoms with E-state index in [4.69, 9.17) is 5.26 Å². The fraction of sp³-hybridized carbons (Fsp3) is 0.600. The van der Waals surface area contributed by atoms with Gasteiger partial charge in [0.25, 0.3) is 5.91 Å². The number of nitrogens with zero attached hydrogens (tertiary/aromatic N) is 1. The molecule has 0 aromatic heterocycles. The molecule has 1 rings (SSSR count). The van der Waals surface area contributed by atoms with Crippen LogP contribution in [-0.2, 0) is 11.0 Å². The van der Waals surface area contributed by atoms with E-state index < -0.39 is 28.8 Å². The summed E-state index contributed by atoms with van der Waals surface area (Å²) < 4.78 is 39.0. The van der Waals surface area contributed by atoms with Gasteiger partial charge < -0.3 is 10.4 Å². The highest BCUT2D eigenvalue weighted by atomic mass is 31.0. The van der Waals surface area contributed by atoms with Gasteiger partial charge in [0, 0.05) is 5.69 Å². The molecule has 2 atom stereocenters. The number of aliphatic hydroxyl groups is 1. The summed E-state index contributed by atoms with van der Waals surface area (Å²) in [6.07, 6.45) is 3.90. The lowest BCUT2D eigenvalue weighted by atomic mass is 9.96. The molecule has 0 bridgehead atoms. The van der Waals surface area contributed by atoms with Crippen LogP contribution in [0.4, 0.5) is 18.9 Å². The van der Waals surface area contributed by atoms with Gasteiger partial charge in [0.15, 0.2) is 0 Å². The average molecular weight is 416 g/mol. The third kappa shape index (κ3) is 8.16. The number of amides is 1. The van der Waals surface area contributed by atoms with Crippen molar-refractivity contribution >= 4 is 20.8 Å². The minimum absolute atomic E-state index is 0.106. The highest BCUT2D eigenvalue weighted by molar-refractivity contribution is 7.16. The van der Waals surface area contributed by atoms with Crippen LogP contribution in [0.25, 0.3) is 0 Å². The van der Waals surface area contributed by atoms with Crippen LogP contribution >= 0.6 is 9.24 Å². The molecule has 0 aliphatic heterocycles. The normalized spacial score (nSPS) is 13.6. The number of halogens is 3. The first-order valence-corrected chi connectivity index (χ1v) is 10.3. The molecule has 0 spiro atoms. The van der Waals surface area contributed by atoms with Crippen molar-refractivity contribution in [2.45, 2.75) is 70.1 Å². The molecular weight excluding hydrogens is 388 g/mol. The number of nitriles is 1. The molecule has 156 valence electrons. The number of nitrogens with one attached hydrogen (secondary N) is 1. The first kappa shape index (κ1) is 24.4. The summed E-state index contributed by atoms with van der Waals surface area (Å²) in [5, 5.41) is 21.5. The van der Waals surface area contributed by atoms with E-state index in [1.54, 1.807) is 0 Å². The summed E-state index contributed by atoms with van der Waals surface area (Å²) in [6.45, 7) is 1.36. The molecule has 4 nitrogen and oxygen atoms in total. The van der Waals surface area contributed by atoms with E-state index in [0.717, 1.165) is 31.5 Å². The number of carbonyl (C=O) groups excluding carboxylic acids is 1. The summed E-state index contributed by atoms with van der Waals surface area (Å²) in [5.74, 6) is -0.759. The summed E-state index contributed by atoms with van der Waals surface area (Å²) in [5.41, 5.74) is -3.42. The molecule has 2 N–H and O–H groups in total. The van der Waals surface area contributed by atoms with Crippen molar-refractivity contribution in [1.82, 2.24) is 0 Å². The molecule has 0 saturated carbocycles. The highest BCUT2D eigenvalue weighted by Gasteiger charge is 2.35. The fourth-order valence-corrected chi connectivity index (χ4v) is 3.12. The number of carbonyl (C=O) groups is 1. The summed E-state index contributed by atoms with van der Waals surface area (Å²) in [6, 6.07) is 4.42. The van der Waals surface area contributed by atoms with Crippen molar-refractivity contribution in [3.63, 3.8) is 0 Å². The predicted octanol–water partition coefficient (Wildman–Crippen LogP) is 5.26. The zero-order chi connectivity index (χ0) is 21.2. The molecule has 1 aromatic rings. The Morgan fingerprint density at radius 1 is 1.14 bits per heavy atom. The number of anilines is 1. The highest BCUT2D eigenvalue weighted by Crippen LogP contribution is 2.33. The lowest BCUT2D eigenvalue weighted by molar-refractivity contribution is -0.138. The predicted molar refractivity (Wildman–Crippen MR) is 107 cm³/mol. The molecule has 8 heteroatoms. The number of hydrogen-bond acceptors (Lipinski definition) is 3. The van der Waals surface area contributed by atoms with E-state index in [2.05, 4.69) is 14.6 Å². The summed E-state index contributed by atoms with van der Waals surface area (Å²) >= 11 is 0. The molecule has 2 unspecified atom stereocenters. The molecular formula is C20H28F3N2O2P. The van der Waals surface area contributed by atoms with Gasteiger partial charge in [-0.25, -0.2) is 0 Å². The number of hydrogen-bond donors (Lipinski definition) is 2. The summed E-state index contributed by atoms with van der Waals surface area (Å²) in [7, 11) is 2.71. The Kier molecular flexibility index (Phi) is 9.92. The van der Waals surface area contributed by atoms with E-state index in [1.165, 1.54) is 38.3 Å². The van der Waals surface area contributed by atoms with Crippen molar-refractivity contribution in [3.8, 4) is 6.07 Å². The van der Waals surface area contributed by atoms with Gasteiger partial charge in [0.1, 0.15) is 5.60 Å². The van der Waals surface area contributed by atoms with Crippen molar-refractivity contribution in [2.24, 2.45) is 0 Å². The van der Waals surface area contributed by atoms with Gasteiger partial charge in [0.05, 0.1) is 17.2 Å². The van der Waals surface area contributed by atoms with Crippen LogP contribution in [0.1, 0.15) is 69.4 Å². The molecule has 28 heavy (non-hydrogen) atoms. The van der Waals surface area contributed by atoms with Gasteiger partial charge in [-0.15, -0.1) is 9.24 Å². The average Bonchev–Trinajstić information content (AvgIpc) is 2.63. The molecule has 0 saturated heterocycles. The molecule has 1 aromatic carbocycles. The lowest BCUT2D eigenvalue weighted by Gasteiger charge is -2.22. The Bertz CT molecular complexity index is 685. The Morgan fingerprint density at radius 3 is 2.25 bits per heavy atom. The van der Waals surface area contributed by atoms with Crippen LogP contribution in [0.15, 0.2) is 18.2 Å². The second-order valence-electron chi connectivity index (χ2n) is 7.11. The van der Waals surface area contributed by atoms with Gasteiger partial charge in [-0.2, -0.15) is 18.4 Å². The molecule has 0 heterocycles. The van der Waals surface area contributed by atoms with Crippen LogP contribution in [0.5, 0.6) is 0 Å². The van der Waals surface area contributed by atoms with Crippen LogP contribution in [0, 0.1) is 11.3 Å². The number of benzene rings is 1. The third-order valence-corrected chi connectivity index (χ3v) is 4.97.